The molecule has 0 saturated carbocycles. The van der Waals surface area contributed by atoms with Gasteiger partial charge >= 0.3 is 0 Å². The smallest absolute Gasteiger partial charge is 0.261 e. The van der Waals surface area contributed by atoms with Crippen LogP contribution in [0.15, 0.2) is 47.4 Å². The minimum absolute atomic E-state index is 0.0632. The second-order valence-electron chi connectivity index (χ2n) is 6.82. The van der Waals surface area contributed by atoms with Gasteiger partial charge < -0.3 is 4.90 Å². The normalized spacial score (nSPS) is 15.3. The van der Waals surface area contributed by atoms with E-state index >= 15 is 0 Å². The molecular formula is C20H23ClN2O3S. The fourth-order valence-electron chi connectivity index (χ4n) is 3.11. The Morgan fingerprint density at radius 2 is 1.63 bits per heavy atom. The zero-order chi connectivity index (χ0) is 19.4. The lowest BCUT2D eigenvalue weighted by Crippen LogP contribution is -2.31. The van der Waals surface area contributed by atoms with Crippen LogP contribution in [0.25, 0.3) is 0 Å². The van der Waals surface area contributed by atoms with Crippen molar-refractivity contribution >= 4 is 33.2 Å². The topological polar surface area (TPSA) is 66.5 Å². The van der Waals surface area contributed by atoms with Gasteiger partial charge in [0.1, 0.15) is 0 Å². The van der Waals surface area contributed by atoms with Gasteiger partial charge in [0, 0.05) is 18.7 Å². The first-order chi connectivity index (χ1) is 12.9. The standard InChI is InChI=1S/C20H23ClN2O3S/c1-15-6-9-17(10-7-15)27(25,26)22-19-11-8-16(14-18(19)21)20(24)23-12-4-2-3-5-13-23/h6-11,14,22H,2-5,12-13H2,1H3. The first-order valence-electron chi connectivity index (χ1n) is 9.05. The van der Waals surface area contributed by atoms with Crippen molar-refractivity contribution in [2.45, 2.75) is 37.5 Å². The van der Waals surface area contributed by atoms with Crippen LogP contribution in [0.2, 0.25) is 5.02 Å². The van der Waals surface area contributed by atoms with Gasteiger partial charge in [0.05, 0.1) is 15.6 Å². The summed E-state index contributed by atoms with van der Waals surface area (Å²) in [6, 6.07) is 11.2. The molecule has 0 bridgehead atoms. The number of aryl methyl sites for hydroxylation is 1. The SMILES string of the molecule is Cc1ccc(S(=O)(=O)Nc2ccc(C(=O)N3CCCCCC3)cc2Cl)cc1. The molecule has 0 radical (unpaired) electrons. The number of carbonyl (C=O) groups is 1. The highest BCUT2D eigenvalue weighted by Gasteiger charge is 2.20. The van der Waals surface area contributed by atoms with Gasteiger partial charge in [-0.05, 0) is 50.1 Å². The van der Waals surface area contributed by atoms with E-state index in [2.05, 4.69) is 4.72 Å². The van der Waals surface area contributed by atoms with Crippen LogP contribution in [-0.4, -0.2) is 32.3 Å². The van der Waals surface area contributed by atoms with Gasteiger partial charge in [0.25, 0.3) is 15.9 Å². The summed E-state index contributed by atoms with van der Waals surface area (Å²) in [6.45, 7) is 3.39. The van der Waals surface area contributed by atoms with E-state index in [-0.39, 0.29) is 21.5 Å². The third kappa shape index (κ3) is 4.82. The number of carbonyl (C=O) groups excluding carboxylic acids is 1. The Balaban J connectivity index is 1.78. The number of halogens is 1. The van der Waals surface area contributed by atoms with E-state index in [1.54, 1.807) is 36.4 Å². The van der Waals surface area contributed by atoms with Crippen LogP contribution in [0.3, 0.4) is 0 Å². The van der Waals surface area contributed by atoms with Gasteiger partial charge in [-0.15, -0.1) is 0 Å². The second-order valence-corrected chi connectivity index (χ2v) is 8.91. The van der Waals surface area contributed by atoms with Gasteiger partial charge in [-0.3, -0.25) is 9.52 Å². The van der Waals surface area contributed by atoms with Gasteiger partial charge in [0.2, 0.25) is 0 Å². The van der Waals surface area contributed by atoms with Crippen molar-refractivity contribution in [3.63, 3.8) is 0 Å². The lowest BCUT2D eigenvalue weighted by Gasteiger charge is -2.20. The lowest BCUT2D eigenvalue weighted by molar-refractivity contribution is 0.0761. The molecule has 0 aromatic heterocycles. The Bertz CT molecular complexity index is 919. The lowest BCUT2D eigenvalue weighted by atomic mass is 10.1. The fraction of sp³-hybridized carbons (Fsp3) is 0.350. The predicted molar refractivity (Wildman–Crippen MR) is 108 cm³/mol. The molecule has 144 valence electrons. The molecule has 1 N–H and O–H groups in total. The predicted octanol–water partition coefficient (Wildman–Crippen LogP) is 4.47. The molecule has 7 heteroatoms. The summed E-state index contributed by atoms with van der Waals surface area (Å²) in [5, 5.41) is 0.200. The minimum Gasteiger partial charge on any atom is -0.339 e. The second kappa shape index (κ2) is 8.31. The van der Waals surface area contributed by atoms with Crippen LogP contribution >= 0.6 is 11.6 Å². The van der Waals surface area contributed by atoms with Crippen molar-refractivity contribution in [2.24, 2.45) is 0 Å². The van der Waals surface area contributed by atoms with E-state index < -0.39 is 10.0 Å². The Morgan fingerprint density at radius 1 is 1.00 bits per heavy atom. The van der Waals surface area contributed by atoms with Gasteiger partial charge in [-0.1, -0.05) is 42.1 Å². The van der Waals surface area contributed by atoms with Crippen molar-refractivity contribution < 1.29 is 13.2 Å². The van der Waals surface area contributed by atoms with E-state index in [0.29, 0.717) is 5.56 Å². The number of rotatable bonds is 4. The van der Waals surface area contributed by atoms with Crippen LogP contribution < -0.4 is 4.72 Å². The van der Waals surface area contributed by atoms with Gasteiger partial charge in [-0.25, -0.2) is 8.42 Å². The molecule has 0 unspecified atom stereocenters. The van der Waals surface area contributed by atoms with Crippen LogP contribution in [-0.2, 0) is 10.0 Å². The first kappa shape index (κ1) is 19.7. The molecule has 0 aliphatic carbocycles. The summed E-state index contributed by atoms with van der Waals surface area (Å²) >= 11 is 6.27. The molecule has 3 rings (SSSR count). The van der Waals surface area contributed by atoms with Crippen LogP contribution in [0, 0.1) is 6.92 Å². The molecule has 1 amide bonds. The molecule has 1 heterocycles. The first-order valence-corrected chi connectivity index (χ1v) is 10.9. The molecular weight excluding hydrogens is 384 g/mol. The maximum absolute atomic E-state index is 12.7. The monoisotopic (exact) mass is 406 g/mol. The largest absolute Gasteiger partial charge is 0.339 e. The number of nitrogens with one attached hydrogen (secondary N) is 1. The number of benzene rings is 2. The van der Waals surface area contributed by atoms with E-state index in [1.807, 2.05) is 11.8 Å². The number of hydrogen-bond donors (Lipinski definition) is 1. The fourth-order valence-corrected chi connectivity index (χ4v) is 4.47. The Morgan fingerprint density at radius 3 is 2.22 bits per heavy atom. The summed E-state index contributed by atoms with van der Waals surface area (Å²) < 4.78 is 27.5. The number of amides is 1. The van der Waals surface area contributed by atoms with Crippen LogP contribution in [0.1, 0.15) is 41.6 Å². The number of anilines is 1. The van der Waals surface area contributed by atoms with E-state index in [0.717, 1.165) is 44.3 Å². The molecule has 1 aliphatic heterocycles. The highest BCUT2D eigenvalue weighted by molar-refractivity contribution is 7.92. The Labute approximate surface area is 165 Å². The Kier molecular flexibility index (Phi) is 6.07. The molecule has 0 spiro atoms. The van der Waals surface area contributed by atoms with Crippen molar-refractivity contribution in [3.8, 4) is 0 Å². The highest BCUT2D eigenvalue weighted by Crippen LogP contribution is 2.27. The summed E-state index contributed by atoms with van der Waals surface area (Å²) in [5.41, 5.74) is 1.70. The molecule has 1 fully saturated rings. The maximum atomic E-state index is 12.7. The molecule has 27 heavy (non-hydrogen) atoms. The summed E-state index contributed by atoms with van der Waals surface area (Å²) in [5.74, 6) is -0.0632. The molecule has 0 atom stereocenters. The molecule has 5 nitrogen and oxygen atoms in total. The highest BCUT2D eigenvalue weighted by atomic mass is 35.5. The summed E-state index contributed by atoms with van der Waals surface area (Å²) in [7, 11) is -3.74. The van der Waals surface area contributed by atoms with Crippen molar-refractivity contribution in [1.82, 2.24) is 4.90 Å². The average Bonchev–Trinajstić information content (AvgIpc) is 2.92. The molecule has 1 aliphatic rings. The zero-order valence-electron chi connectivity index (χ0n) is 15.2. The summed E-state index contributed by atoms with van der Waals surface area (Å²) in [6.07, 6.45) is 4.30. The molecule has 2 aromatic carbocycles. The zero-order valence-corrected chi connectivity index (χ0v) is 16.8. The van der Waals surface area contributed by atoms with E-state index in [1.165, 1.54) is 6.07 Å². The molecule has 2 aromatic rings. The van der Waals surface area contributed by atoms with Gasteiger partial charge in [-0.2, -0.15) is 0 Å². The van der Waals surface area contributed by atoms with E-state index in [4.69, 9.17) is 11.6 Å². The quantitative estimate of drug-likeness (QED) is 0.814. The average molecular weight is 407 g/mol. The third-order valence-corrected chi connectivity index (χ3v) is 6.38. The van der Waals surface area contributed by atoms with Crippen LogP contribution in [0.4, 0.5) is 5.69 Å². The maximum Gasteiger partial charge on any atom is 0.261 e. The number of hydrogen-bond acceptors (Lipinski definition) is 3. The van der Waals surface area contributed by atoms with E-state index in [9.17, 15) is 13.2 Å². The number of nitrogens with zero attached hydrogens (tertiary/aromatic N) is 1. The van der Waals surface area contributed by atoms with Crippen molar-refractivity contribution in [3.05, 3.63) is 58.6 Å². The number of sulfonamides is 1. The number of likely N-dealkylation sites (tertiary alicyclic amines) is 1. The molecule has 1 saturated heterocycles. The van der Waals surface area contributed by atoms with Crippen LogP contribution in [0.5, 0.6) is 0 Å². The summed E-state index contributed by atoms with van der Waals surface area (Å²) in [4.78, 5) is 14.7. The Hall–Kier alpha value is -2.05. The van der Waals surface area contributed by atoms with Crippen molar-refractivity contribution in [2.75, 3.05) is 17.8 Å². The van der Waals surface area contributed by atoms with Crippen molar-refractivity contribution in [1.29, 1.82) is 0 Å². The third-order valence-electron chi connectivity index (χ3n) is 4.68. The minimum atomic E-state index is -3.74. The van der Waals surface area contributed by atoms with Gasteiger partial charge in [0.15, 0.2) is 0 Å².